The van der Waals surface area contributed by atoms with Gasteiger partial charge in [0.2, 0.25) is 5.91 Å². The van der Waals surface area contributed by atoms with E-state index in [1.807, 2.05) is 0 Å². The van der Waals surface area contributed by atoms with Gasteiger partial charge >= 0.3 is 0 Å². The number of anilines is 1. The first kappa shape index (κ1) is 23.6. The number of benzene rings is 2. The van der Waals surface area contributed by atoms with Crippen LogP contribution in [0.15, 0.2) is 47.4 Å². The highest BCUT2D eigenvalue weighted by molar-refractivity contribution is 7.92. The summed E-state index contributed by atoms with van der Waals surface area (Å²) in [5, 5.41) is 3.45. The zero-order chi connectivity index (χ0) is 23.6. The van der Waals surface area contributed by atoms with Gasteiger partial charge in [-0.3, -0.25) is 14.3 Å². The smallest absolute Gasteiger partial charge is 0.261 e. The number of rotatable bonds is 6. The van der Waals surface area contributed by atoms with Gasteiger partial charge in [0.15, 0.2) is 0 Å². The molecule has 2 aromatic carbocycles. The summed E-state index contributed by atoms with van der Waals surface area (Å²) >= 11 is 6.08. The highest BCUT2D eigenvalue weighted by Gasteiger charge is 2.35. The SMILES string of the molecule is Cc1ccc(S(=O)(=O)Nc2cccc(C(=O)N3CCCC3C(=O)NC3CCCC3)c2)cc1Cl. The number of likely N-dealkylation sites (tertiary alicyclic amines) is 1. The van der Waals surface area contributed by atoms with Crippen molar-refractivity contribution in [3.63, 3.8) is 0 Å². The molecular weight excluding hydrogens is 462 g/mol. The van der Waals surface area contributed by atoms with E-state index < -0.39 is 16.1 Å². The second kappa shape index (κ2) is 9.73. The molecule has 0 spiro atoms. The quantitative estimate of drug-likeness (QED) is 0.638. The van der Waals surface area contributed by atoms with Crippen molar-refractivity contribution in [1.29, 1.82) is 0 Å². The van der Waals surface area contributed by atoms with E-state index in [0.29, 0.717) is 23.6 Å². The minimum absolute atomic E-state index is 0.0398. The van der Waals surface area contributed by atoms with Crippen molar-refractivity contribution in [2.75, 3.05) is 11.3 Å². The molecule has 1 heterocycles. The zero-order valence-corrected chi connectivity index (χ0v) is 20.1. The molecule has 2 aliphatic rings. The Bertz CT molecular complexity index is 1160. The molecule has 0 bridgehead atoms. The largest absolute Gasteiger partial charge is 0.352 e. The summed E-state index contributed by atoms with van der Waals surface area (Å²) in [6.07, 6.45) is 5.60. The highest BCUT2D eigenvalue weighted by Crippen LogP contribution is 2.25. The average Bonchev–Trinajstić information content (AvgIpc) is 3.47. The van der Waals surface area contributed by atoms with Gasteiger partial charge in [0.25, 0.3) is 15.9 Å². The monoisotopic (exact) mass is 489 g/mol. The lowest BCUT2D eigenvalue weighted by atomic mass is 10.1. The van der Waals surface area contributed by atoms with Gasteiger partial charge in [-0.2, -0.15) is 0 Å². The summed E-state index contributed by atoms with van der Waals surface area (Å²) in [4.78, 5) is 27.7. The van der Waals surface area contributed by atoms with Crippen molar-refractivity contribution in [1.82, 2.24) is 10.2 Å². The van der Waals surface area contributed by atoms with E-state index in [-0.39, 0.29) is 28.4 Å². The first-order chi connectivity index (χ1) is 15.7. The minimum Gasteiger partial charge on any atom is -0.352 e. The van der Waals surface area contributed by atoms with Gasteiger partial charge in [0.05, 0.1) is 4.90 Å². The van der Waals surface area contributed by atoms with E-state index in [1.54, 1.807) is 36.1 Å². The number of carbonyl (C=O) groups is 2. The molecule has 1 aliphatic carbocycles. The fourth-order valence-corrected chi connectivity index (χ4v) is 5.81. The van der Waals surface area contributed by atoms with E-state index in [2.05, 4.69) is 10.0 Å². The molecule has 9 heteroatoms. The van der Waals surface area contributed by atoms with Gasteiger partial charge in [-0.15, -0.1) is 0 Å². The number of halogens is 1. The average molecular weight is 490 g/mol. The molecule has 0 aromatic heterocycles. The molecule has 2 N–H and O–H groups in total. The first-order valence-corrected chi connectivity index (χ1v) is 13.1. The Morgan fingerprint density at radius 3 is 2.52 bits per heavy atom. The van der Waals surface area contributed by atoms with Gasteiger partial charge in [0, 0.05) is 28.9 Å². The maximum absolute atomic E-state index is 13.2. The molecule has 33 heavy (non-hydrogen) atoms. The standard InChI is InChI=1S/C24H28ClN3O4S/c1-16-11-12-20(15-21(16)25)33(31,32)27-19-9-4-6-17(14-19)24(30)28-13-5-10-22(28)23(29)26-18-7-2-3-8-18/h4,6,9,11-12,14-15,18,22,27H,2-3,5,7-8,10,13H2,1H3,(H,26,29). The van der Waals surface area contributed by atoms with Crippen molar-refractivity contribution in [3.8, 4) is 0 Å². The lowest BCUT2D eigenvalue weighted by Crippen LogP contribution is -2.48. The number of hydrogen-bond donors (Lipinski definition) is 2. The van der Waals surface area contributed by atoms with Gasteiger partial charge < -0.3 is 10.2 Å². The Kier molecular flexibility index (Phi) is 6.95. The second-order valence-corrected chi connectivity index (χ2v) is 10.8. The van der Waals surface area contributed by atoms with Crippen molar-refractivity contribution >= 4 is 39.1 Å². The molecule has 1 saturated carbocycles. The van der Waals surface area contributed by atoms with E-state index in [0.717, 1.165) is 37.7 Å². The minimum atomic E-state index is -3.88. The molecule has 2 aromatic rings. The van der Waals surface area contributed by atoms with Crippen LogP contribution >= 0.6 is 11.6 Å². The second-order valence-electron chi connectivity index (χ2n) is 8.74. The zero-order valence-electron chi connectivity index (χ0n) is 18.5. The van der Waals surface area contributed by atoms with Crippen molar-refractivity contribution in [3.05, 3.63) is 58.6 Å². The number of nitrogens with zero attached hydrogens (tertiary/aromatic N) is 1. The molecule has 1 aliphatic heterocycles. The fourth-order valence-electron chi connectivity index (χ4n) is 4.49. The van der Waals surface area contributed by atoms with Gasteiger partial charge in [-0.25, -0.2) is 8.42 Å². The molecule has 2 amide bonds. The van der Waals surface area contributed by atoms with Crippen LogP contribution in [0.5, 0.6) is 0 Å². The number of aryl methyl sites for hydroxylation is 1. The fraction of sp³-hybridized carbons (Fsp3) is 0.417. The third kappa shape index (κ3) is 5.33. The molecular formula is C24H28ClN3O4S. The van der Waals surface area contributed by atoms with Crippen LogP contribution in [0.1, 0.15) is 54.4 Å². The molecule has 1 unspecified atom stereocenters. The highest BCUT2D eigenvalue weighted by atomic mass is 35.5. The first-order valence-electron chi connectivity index (χ1n) is 11.2. The van der Waals surface area contributed by atoms with Crippen molar-refractivity contribution in [2.45, 2.75) is 62.4 Å². The van der Waals surface area contributed by atoms with Crippen molar-refractivity contribution in [2.24, 2.45) is 0 Å². The normalized spacial score (nSPS) is 19.0. The van der Waals surface area contributed by atoms with Crippen LogP contribution in [0.3, 0.4) is 0 Å². The Labute approximate surface area is 199 Å². The number of sulfonamides is 1. The van der Waals surface area contributed by atoms with Gasteiger partial charge in [-0.05, 0) is 68.5 Å². The Morgan fingerprint density at radius 1 is 1.03 bits per heavy atom. The predicted molar refractivity (Wildman–Crippen MR) is 128 cm³/mol. The van der Waals surface area contributed by atoms with Crippen LogP contribution in [0.2, 0.25) is 5.02 Å². The maximum atomic E-state index is 13.2. The van der Waals surface area contributed by atoms with Crippen LogP contribution in [-0.2, 0) is 14.8 Å². The summed E-state index contributed by atoms with van der Waals surface area (Å²) in [6, 6.07) is 10.6. The predicted octanol–water partition coefficient (Wildman–Crippen LogP) is 4.11. The summed E-state index contributed by atoms with van der Waals surface area (Å²) in [5.74, 6) is -0.376. The summed E-state index contributed by atoms with van der Waals surface area (Å²) in [7, 11) is -3.88. The van der Waals surface area contributed by atoms with Crippen molar-refractivity contribution < 1.29 is 18.0 Å². The van der Waals surface area contributed by atoms with Crippen LogP contribution < -0.4 is 10.0 Å². The summed E-state index contributed by atoms with van der Waals surface area (Å²) in [6.45, 7) is 2.29. The number of carbonyl (C=O) groups excluding carboxylic acids is 2. The molecule has 4 rings (SSSR count). The van der Waals surface area contributed by atoms with Crippen LogP contribution in [0.25, 0.3) is 0 Å². The van der Waals surface area contributed by atoms with Crippen LogP contribution in [-0.4, -0.2) is 43.8 Å². The lowest BCUT2D eigenvalue weighted by molar-refractivity contribution is -0.125. The third-order valence-corrected chi connectivity index (χ3v) is 8.12. The van der Waals surface area contributed by atoms with Gasteiger partial charge in [-0.1, -0.05) is 36.6 Å². The Balaban J connectivity index is 1.49. The molecule has 0 radical (unpaired) electrons. The van der Waals surface area contributed by atoms with E-state index in [1.165, 1.54) is 18.2 Å². The Morgan fingerprint density at radius 2 is 1.79 bits per heavy atom. The third-order valence-electron chi connectivity index (χ3n) is 6.33. The molecule has 7 nitrogen and oxygen atoms in total. The van der Waals surface area contributed by atoms with Gasteiger partial charge in [0.1, 0.15) is 6.04 Å². The number of hydrogen-bond acceptors (Lipinski definition) is 4. The molecule has 1 atom stereocenters. The van der Waals surface area contributed by atoms with Crippen LogP contribution in [0.4, 0.5) is 5.69 Å². The maximum Gasteiger partial charge on any atom is 0.261 e. The molecule has 1 saturated heterocycles. The number of nitrogens with one attached hydrogen (secondary N) is 2. The lowest BCUT2D eigenvalue weighted by Gasteiger charge is -2.25. The van der Waals surface area contributed by atoms with E-state index >= 15 is 0 Å². The summed E-state index contributed by atoms with van der Waals surface area (Å²) < 4.78 is 28.1. The van der Waals surface area contributed by atoms with E-state index in [4.69, 9.17) is 11.6 Å². The Hall–Kier alpha value is -2.58. The van der Waals surface area contributed by atoms with Crippen LogP contribution in [0, 0.1) is 6.92 Å². The molecule has 176 valence electrons. The summed E-state index contributed by atoms with van der Waals surface area (Å²) in [5.41, 5.74) is 1.38. The number of amides is 2. The molecule has 2 fully saturated rings. The topological polar surface area (TPSA) is 95.6 Å². The van der Waals surface area contributed by atoms with E-state index in [9.17, 15) is 18.0 Å².